The predicted octanol–water partition coefficient (Wildman–Crippen LogP) is 8.02. The molecular weight excluding hydrogens is 733 g/mol. The molecule has 0 saturated carbocycles. The molecule has 4 aromatic carbocycles. The second kappa shape index (κ2) is 18.6. The quantitative estimate of drug-likeness (QED) is 0.0589. The van der Waals surface area contributed by atoms with Crippen LogP contribution in [-0.4, -0.2) is 54.6 Å². The van der Waals surface area contributed by atoms with Gasteiger partial charge in [0.25, 0.3) is 11.8 Å². The molecule has 0 saturated heterocycles. The fraction of sp³-hybridized carbons (Fsp3) is 0.209. The lowest BCUT2D eigenvalue weighted by atomic mass is 10.0. The molecule has 2 heterocycles. The largest absolute Gasteiger partial charge is 0.497 e. The fourth-order valence-corrected chi connectivity index (χ4v) is 8.50. The molecule has 0 spiro atoms. The van der Waals surface area contributed by atoms with Crippen molar-refractivity contribution in [1.82, 2.24) is 10.2 Å². The molecular formula is C43H42N4O6S2. The zero-order chi connectivity index (χ0) is 38.7. The smallest absolute Gasteiger partial charge is 0.341 e. The van der Waals surface area contributed by atoms with E-state index in [-0.39, 0.29) is 11.6 Å². The molecule has 282 valence electrons. The van der Waals surface area contributed by atoms with Crippen molar-refractivity contribution in [3.05, 3.63) is 148 Å². The van der Waals surface area contributed by atoms with Crippen molar-refractivity contribution in [2.45, 2.75) is 43.0 Å². The molecule has 1 aliphatic heterocycles. The summed E-state index contributed by atoms with van der Waals surface area (Å²) in [6.45, 7) is 4.18. The van der Waals surface area contributed by atoms with Crippen molar-refractivity contribution >= 4 is 63.6 Å². The van der Waals surface area contributed by atoms with E-state index in [0.717, 1.165) is 28.4 Å². The van der Waals surface area contributed by atoms with Crippen LogP contribution in [-0.2, 0) is 33.8 Å². The molecule has 3 amide bonds. The standard InChI is InChI=1S/C43H42N4O6S2/c1-4-36(41(50)46-42-38(43(51)53-3)34-21-22-47(27-37(34)55-42)26-28-13-7-5-8-14-28)54-33-20-12-18-31(25-33)44-40(49)35(24-29-15-11-19-32(23-29)52-2)45-39(48)30-16-9-6-10-17-30/h5-20,23-25,36H,4,21-22,26-27H2,1-3H3,(H,44,49)(H,45,48)(H,46,50)/b35-24-. The van der Waals surface area contributed by atoms with Gasteiger partial charge in [0, 0.05) is 40.7 Å². The van der Waals surface area contributed by atoms with E-state index >= 15 is 0 Å². The molecule has 12 heteroatoms. The van der Waals surface area contributed by atoms with Crippen LogP contribution in [0.5, 0.6) is 5.75 Å². The summed E-state index contributed by atoms with van der Waals surface area (Å²) in [4.78, 5) is 57.8. The van der Waals surface area contributed by atoms with E-state index in [0.29, 0.717) is 52.5 Å². The molecule has 0 aliphatic carbocycles. The molecule has 1 aromatic heterocycles. The van der Waals surface area contributed by atoms with Crippen LogP contribution in [0.15, 0.2) is 120 Å². The van der Waals surface area contributed by atoms with E-state index in [1.165, 1.54) is 35.8 Å². The number of benzene rings is 4. The van der Waals surface area contributed by atoms with Crippen LogP contribution in [0, 0.1) is 0 Å². The molecule has 0 bridgehead atoms. The Bertz CT molecular complexity index is 2190. The number of thiophene rings is 1. The number of nitrogens with zero attached hydrogens (tertiary/aromatic N) is 1. The average molecular weight is 775 g/mol. The van der Waals surface area contributed by atoms with Gasteiger partial charge in [0.1, 0.15) is 16.4 Å². The van der Waals surface area contributed by atoms with Crippen molar-refractivity contribution in [3.8, 4) is 5.75 Å². The molecule has 3 N–H and O–H groups in total. The Labute approximate surface area is 328 Å². The van der Waals surface area contributed by atoms with Crippen LogP contribution in [0.1, 0.15) is 55.6 Å². The van der Waals surface area contributed by atoms with Gasteiger partial charge in [-0.05, 0) is 78.1 Å². The van der Waals surface area contributed by atoms with E-state index in [2.05, 4.69) is 33.0 Å². The minimum Gasteiger partial charge on any atom is -0.497 e. The summed E-state index contributed by atoms with van der Waals surface area (Å²) in [6, 6.07) is 33.2. The number of nitrogens with one attached hydrogen (secondary N) is 3. The minimum absolute atomic E-state index is 0.0363. The first-order valence-electron chi connectivity index (χ1n) is 17.8. The monoisotopic (exact) mass is 774 g/mol. The number of hydrogen-bond donors (Lipinski definition) is 3. The lowest BCUT2D eigenvalue weighted by Gasteiger charge is -2.27. The average Bonchev–Trinajstić information content (AvgIpc) is 3.57. The van der Waals surface area contributed by atoms with Crippen LogP contribution in [0.2, 0.25) is 0 Å². The maximum absolute atomic E-state index is 13.8. The lowest BCUT2D eigenvalue weighted by Crippen LogP contribution is -2.30. The Morgan fingerprint density at radius 1 is 0.891 bits per heavy atom. The lowest BCUT2D eigenvalue weighted by molar-refractivity contribution is -0.116. The van der Waals surface area contributed by atoms with Gasteiger partial charge in [-0.2, -0.15) is 0 Å². The van der Waals surface area contributed by atoms with Crippen LogP contribution in [0.25, 0.3) is 6.08 Å². The molecule has 5 aromatic rings. The number of fused-ring (bicyclic) bond motifs is 1. The number of amides is 3. The summed E-state index contributed by atoms with van der Waals surface area (Å²) in [7, 11) is 2.91. The van der Waals surface area contributed by atoms with Gasteiger partial charge in [0.05, 0.1) is 25.0 Å². The van der Waals surface area contributed by atoms with Crippen LogP contribution < -0.4 is 20.7 Å². The van der Waals surface area contributed by atoms with Crippen LogP contribution >= 0.6 is 23.1 Å². The molecule has 10 nitrogen and oxygen atoms in total. The Kier molecular flexibility index (Phi) is 13.2. The Balaban J connectivity index is 1.16. The minimum atomic E-state index is -0.529. The van der Waals surface area contributed by atoms with E-state index in [4.69, 9.17) is 9.47 Å². The summed E-state index contributed by atoms with van der Waals surface area (Å²) in [5, 5.41) is 8.71. The topological polar surface area (TPSA) is 126 Å². The number of hydrogen-bond acceptors (Lipinski definition) is 9. The summed E-state index contributed by atoms with van der Waals surface area (Å²) >= 11 is 2.78. The number of carbonyl (C=O) groups is 4. The zero-order valence-corrected chi connectivity index (χ0v) is 32.4. The van der Waals surface area contributed by atoms with Crippen LogP contribution in [0.3, 0.4) is 0 Å². The number of methoxy groups -OCH3 is 2. The highest BCUT2D eigenvalue weighted by molar-refractivity contribution is 8.00. The second-order valence-corrected chi connectivity index (χ2v) is 15.2. The van der Waals surface area contributed by atoms with E-state index in [1.807, 2.05) is 37.3 Å². The van der Waals surface area contributed by atoms with Gasteiger partial charge >= 0.3 is 5.97 Å². The van der Waals surface area contributed by atoms with Gasteiger partial charge in [-0.1, -0.05) is 73.7 Å². The van der Waals surface area contributed by atoms with Crippen molar-refractivity contribution in [1.29, 1.82) is 0 Å². The van der Waals surface area contributed by atoms with Crippen molar-refractivity contribution < 1.29 is 28.7 Å². The third-order valence-corrected chi connectivity index (χ3v) is 11.5. The summed E-state index contributed by atoms with van der Waals surface area (Å²) in [5.41, 5.74) is 4.16. The van der Waals surface area contributed by atoms with E-state index in [1.54, 1.807) is 79.9 Å². The zero-order valence-electron chi connectivity index (χ0n) is 30.8. The van der Waals surface area contributed by atoms with Crippen molar-refractivity contribution in [2.75, 3.05) is 31.4 Å². The third-order valence-electron chi connectivity index (χ3n) is 8.98. The predicted molar refractivity (Wildman–Crippen MR) is 218 cm³/mol. The second-order valence-electron chi connectivity index (χ2n) is 12.8. The third kappa shape index (κ3) is 10.1. The van der Waals surface area contributed by atoms with Gasteiger partial charge in [0.15, 0.2) is 0 Å². The van der Waals surface area contributed by atoms with Crippen molar-refractivity contribution in [2.24, 2.45) is 0 Å². The Hall–Kier alpha value is -5.69. The maximum Gasteiger partial charge on any atom is 0.341 e. The molecule has 1 atom stereocenters. The molecule has 0 radical (unpaired) electrons. The first kappa shape index (κ1) is 39.0. The highest BCUT2D eigenvalue weighted by Crippen LogP contribution is 2.39. The van der Waals surface area contributed by atoms with Gasteiger partial charge < -0.3 is 25.4 Å². The molecule has 1 unspecified atom stereocenters. The maximum atomic E-state index is 13.8. The number of anilines is 2. The number of carbonyl (C=O) groups excluding carboxylic acids is 4. The molecule has 0 fully saturated rings. The normalized spacial score (nSPS) is 13.3. The first-order valence-corrected chi connectivity index (χ1v) is 19.5. The van der Waals surface area contributed by atoms with Crippen LogP contribution in [0.4, 0.5) is 10.7 Å². The highest BCUT2D eigenvalue weighted by Gasteiger charge is 2.30. The molecule has 55 heavy (non-hydrogen) atoms. The highest BCUT2D eigenvalue weighted by atomic mass is 32.2. The summed E-state index contributed by atoms with van der Waals surface area (Å²) in [6.07, 6.45) is 2.77. The first-order chi connectivity index (χ1) is 26.7. The van der Waals surface area contributed by atoms with Crippen molar-refractivity contribution in [3.63, 3.8) is 0 Å². The molecule has 1 aliphatic rings. The van der Waals surface area contributed by atoms with Gasteiger partial charge in [-0.25, -0.2) is 4.79 Å². The van der Waals surface area contributed by atoms with E-state index < -0.39 is 23.0 Å². The Morgan fingerprint density at radius 3 is 2.36 bits per heavy atom. The Morgan fingerprint density at radius 2 is 1.64 bits per heavy atom. The van der Waals surface area contributed by atoms with Gasteiger partial charge in [0.2, 0.25) is 5.91 Å². The number of thioether (sulfide) groups is 1. The summed E-state index contributed by atoms with van der Waals surface area (Å²) < 4.78 is 10.5. The number of rotatable bonds is 14. The number of ether oxygens (including phenoxy) is 2. The fourth-order valence-electron chi connectivity index (χ4n) is 6.20. The molecule has 6 rings (SSSR count). The van der Waals surface area contributed by atoms with E-state index in [9.17, 15) is 19.2 Å². The summed E-state index contributed by atoms with van der Waals surface area (Å²) in [5.74, 6) is -1.06. The number of esters is 1. The SMILES string of the molecule is CCC(Sc1cccc(NC(=O)/C(=C/c2cccc(OC)c2)NC(=O)c2ccccc2)c1)C(=O)Nc1sc2c(c1C(=O)OC)CCN(Cc1ccccc1)C2. The van der Waals surface area contributed by atoms with Gasteiger partial charge in [-0.3, -0.25) is 19.3 Å². The van der Waals surface area contributed by atoms with Gasteiger partial charge in [-0.15, -0.1) is 23.1 Å².